The van der Waals surface area contributed by atoms with E-state index in [1.54, 1.807) is 29.2 Å². The molecule has 1 aliphatic rings. The molecular formula is C20H19N3O5. The van der Waals surface area contributed by atoms with Crippen LogP contribution in [0.5, 0.6) is 0 Å². The van der Waals surface area contributed by atoms with Gasteiger partial charge in [-0.1, -0.05) is 6.07 Å². The molecule has 1 fully saturated rings. The van der Waals surface area contributed by atoms with Gasteiger partial charge < -0.3 is 20.3 Å². The van der Waals surface area contributed by atoms with Gasteiger partial charge in [0.1, 0.15) is 0 Å². The van der Waals surface area contributed by atoms with Crippen LogP contribution in [-0.2, 0) is 19.1 Å². The third-order valence-electron chi connectivity index (χ3n) is 4.26. The Hall–Kier alpha value is -3.68. The molecule has 0 radical (unpaired) electrons. The van der Waals surface area contributed by atoms with Gasteiger partial charge in [-0.25, -0.2) is 4.79 Å². The van der Waals surface area contributed by atoms with Crippen molar-refractivity contribution in [1.29, 1.82) is 0 Å². The number of ether oxygens (including phenoxy) is 1. The summed E-state index contributed by atoms with van der Waals surface area (Å²) in [5.41, 5.74) is 1.79. The van der Waals surface area contributed by atoms with E-state index in [2.05, 4.69) is 15.4 Å². The van der Waals surface area contributed by atoms with Gasteiger partial charge in [0.25, 0.3) is 0 Å². The van der Waals surface area contributed by atoms with E-state index in [4.69, 9.17) is 0 Å². The summed E-state index contributed by atoms with van der Waals surface area (Å²) in [6.07, 6.45) is 1.31. The van der Waals surface area contributed by atoms with E-state index in [-0.39, 0.29) is 5.91 Å². The molecule has 0 unspecified atom stereocenters. The van der Waals surface area contributed by atoms with Crippen LogP contribution in [0.4, 0.5) is 17.1 Å². The van der Waals surface area contributed by atoms with Gasteiger partial charge in [-0.15, -0.1) is 0 Å². The number of anilines is 3. The van der Waals surface area contributed by atoms with Crippen LogP contribution in [0.25, 0.3) is 0 Å². The molecule has 0 bridgehead atoms. The second-order valence-corrected chi connectivity index (χ2v) is 6.18. The van der Waals surface area contributed by atoms with Crippen LogP contribution in [0.15, 0.2) is 48.5 Å². The number of esters is 1. The number of rotatable bonds is 4. The molecule has 3 amide bonds. The molecule has 2 aromatic rings. The molecule has 1 saturated heterocycles. The molecule has 2 N–H and O–H groups in total. The highest BCUT2D eigenvalue weighted by Gasteiger charge is 2.22. The quantitative estimate of drug-likeness (QED) is 0.624. The fourth-order valence-corrected chi connectivity index (χ4v) is 2.86. The maximum absolute atomic E-state index is 12.2. The molecule has 0 atom stereocenters. The first-order chi connectivity index (χ1) is 13.5. The molecule has 0 aliphatic carbocycles. The summed E-state index contributed by atoms with van der Waals surface area (Å²) < 4.78 is 4.60. The second-order valence-electron chi connectivity index (χ2n) is 6.18. The number of nitrogens with zero attached hydrogens (tertiary/aromatic N) is 1. The lowest BCUT2D eigenvalue weighted by Crippen LogP contribution is -2.29. The topological polar surface area (TPSA) is 105 Å². The van der Waals surface area contributed by atoms with Gasteiger partial charge >= 0.3 is 17.8 Å². The van der Waals surface area contributed by atoms with Crippen molar-refractivity contribution >= 4 is 40.8 Å². The Bertz CT molecular complexity index is 924. The molecule has 0 saturated carbocycles. The van der Waals surface area contributed by atoms with Gasteiger partial charge in [0, 0.05) is 30.0 Å². The van der Waals surface area contributed by atoms with Gasteiger partial charge in [0.2, 0.25) is 5.91 Å². The van der Waals surface area contributed by atoms with Gasteiger partial charge in [0.05, 0.1) is 12.7 Å². The summed E-state index contributed by atoms with van der Waals surface area (Å²) >= 11 is 0. The number of benzene rings is 2. The van der Waals surface area contributed by atoms with Crippen molar-refractivity contribution in [2.24, 2.45) is 0 Å². The highest BCUT2D eigenvalue weighted by Crippen LogP contribution is 2.24. The van der Waals surface area contributed by atoms with Gasteiger partial charge in [-0.2, -0.15) is 0 Å². The van der Waals surface area contributed by atoms with Crippen LogP contribution in [-0.4, -0.2) is 37.3 Å². The number of carbonyl (C=O) groups excluding carboxylic acids is 4. The van der Waals surface area contributed by atoms with Crippen molar-refractivity contribution in [3.63, 3.8) is 0 Å². The Morgan fingerprint density at radius 1 is 0.964 bits per heavy atom. The maximum Gasteiger partial charge on any atom is 0.337 e. The van der Waals surface area contributed by atoms with Gasteiger partial charge in [-0.05, 0) is 48.9 Å². The zero-order valence-electron chi connectivity index (χ0n) is 15.2. The molecule has 0 aromatic heterocycles. The van der Waals surface area contributed by atoms with Crippen LogP contribution in [0.3, 0.4) is 0 Å². The monoisotopic (exact) mass is 381 g/mol. The third kappa shape index (κ3) is 4.35. The Morgan fingerprint density at radius 2 is 1.64 bits per heavy atom. The highest BCUT2D eigenvalue weighted by atomic mass is 16.5. The minimum absolute atomic E-state index is 0.0385. The summed E-state index contributed by atoms with van der Waals surface area (Å²) in [7, 11) is 1.27. The molecule has 0 spiro atoms. The van der Waals surface area contributed by atoms with Crippen molar-refractivity contribution in [2.45, 2.75) is 12.8 Å². The SMILES string of the molecule is COC(=O)c1ccc(NC(=O)C(=O)Nc2cccc(N3CCCC3=O)c2)cc1. The van der Waals surface area contributed by atoms with E-state index in [1.165, 1.54) is 31.4 Å². The zero-order chi connectivity index (χ0) is 20.1. The first-order valence-corrected chi connectivity index (χ1v) is 8.69. The Labute approximate surface area is 161 Å². The third-order valence-corrected chi connectivity index (χ3v) is 4.26. The number of carbonyl (C=O) groups is 4. The van der Waals surface area contributed by atoms with Crippen LogP contribution < -0.4 is 15.5 Å². The lowest BCUT2D eigenvalue weighted by Gasteiger charge is -2.16. The van der Waals surface area contributed by atoms with Gasteiger partial charge in [0.15, 0.2) is 0 Å². The number of methoxy groups -OCH3 is 1. The molecule has 8 nitrogen and oxygen atoms in total. The highest BCUT2D eigenvalue weighted by molar-refractivity contribution is 6.43. The number of nitrogens with one attached hydrogen (secondary N) is 2. The zero-order valence-corrected chi connectivity index (χ0v) is 15.2. The number of hydrogen-bond donors (Lipinski definition) is 2. The maximum atomic E-state index is 12.2. The van der Waals surface area contributed by atoms with Crippen molar-refractivity contribution in [2.75, 3.05) is 29.2 Å². The molecule has 3 rings (SSSR count). The molecule has 1 heterocycles. The van der Waals surface area contributed by atoms with E-state index in [0.717, 1.165) is 6.42 Å². The Morgan fingerprint density at radius 3 is 2.25 bits per heavy atom. The van der Waals surface area contributed by atoms with E-state index in [0.29, 0.717) is 35.6 Å². The normalized spacial score (nSPS) is 13.2. The van der Waals surface area contributed by atoms with E-state index < -0.39 is 17.8 Å². The lowest BCUT2D eigenvalue weighted by atomic mass is 10.2. The lowest BCUT2D eigenvalue weighted by molar-refractivity contribution is -0.132. The smallest absolute Gasteiger partial charge is 0.337 e. The molecule has 144 valence electrons. The van der Waals surface area contributed by atoms with Crippen molar-refractivity contribution in [3.8, 4) is 0 Å². The van der Waals surface area contributed by atoms with Crippen molar-refractivity contribution in [1.82, 2.24) is 0 Å². The van der Waals surface area contributed by atoms with Crippen LogP contribution in [0.2, 0.25) is 0 Å². The first-order valence-electron chi connectivity index (χ1n) is 8.69. The summed E-state index contributed by atoms with van der Waals surface area (Å²) in [4.78, 5) is 49.2. The fourth-order valence-electron chi connectivity index (χ4n) is 2.86. The van der Waals surface area contributed by atoms with E-state index in [9.17, 15) is 19.2 Å². The Kier molecular flexibility index (Phi) is 5.69. The average Bonchev–Trinajstić information content (AvgIpc) is 3.14. The van der Waals surface area contributed by atoms with E-state index in [1.807, 2.05) is 0 Å². The molecule has 1 aliphatic heterocycles. The predicted molar refractivity (Wildman–Crippen MR) is 103 cm³/mol. The van der Waals surface area contributed by atoms with Crippen LogP contribution in [0.1, 0.15) is 23.2 Å². The number of amides is 3. The predicted octanol–water partition coefficient (Wildman–Crippen LogP) is 2.18. The molecule has 8 heteroatoms. The standard InChI is InChI=1S/C20H19N3O5/c1-28-20(27)13-7-9-14(10-8-13)21-18(25)19(26)22-15-4-2-5-16(12-15)23-11-3-6-17(23)24/h2,4-5,7-10,12H,3,6,11H2,1H3,(H,21,25)(H,22,26). The first kappa shape index (κ1) is 19.1. The van der Waals surface area contributed by atoms with E-state index >= 15 is 0 Å². The summed E-state index contributed by atoms with van der Waals surface area (Å²) in [6, 6.07) is 12.7. The summed E-state index contributed by atoms with van der Waals surface area (Å²) in [5.74, 6) is -2.15. The van der Waals surface area contributed by atoms with Crippen LogP contribution >= 0.6 is 0 Å². The minimum atomic E-state index is -0.853. The fraction of sp³-hybridized carbons (Fsp3) is 0.200. The second kappa shape index (κ2) is 8.34. The molecular weight excluding hydrogens is 362 g/mol. The van der Waals surface area contributed by atoms with Crippen molar-refractivity contribution < 1.29 is 23.9 Å². The molecule has 28 heavy (non-hydrogen) atoms. The number of hydrogen-bond acceptors (Lipinski definition) is 5. The molecule has 2 aromatic carbocycles. The van der Waals surface area contributed by atoms with Gasteiger partial charge in [-0.3, -0.25) is 14.4 Å². The van der Waals surface area contributed by atoms with Crippen molar-refractivity contribution in [3.05, 3.63) is 54.1 Å². The summed E-state index contributed by atoms with van der Waals surface area (Å²) in [5, 5.41) is 4.97. The van der Waals surface area contributed by atoms with Crippen LogP contribution in [0, 0.1) is 0 Å². The Balaban J connectivity index is 1.62. The minimum Gasteiger partial charge on any atom is -0.465 e. The largest absolute Gasteiger partial charge is 0.465 e. The summed E-state index contributed by atoms with van der Waals surface area (Å²) in [6.45, 7) is 0.637. The average molecular weight is 381 g/mol.